The molecule has 0 aliphatic carbocycles. The van der Waals surface area contributed by atoms with Gasteiger partial charge in [0.2, 0.25) is 0 Å². The second-order valence-electron chi connectivity index (χ2n) is 3.22. The third kappa shape index (κ3) is 2.71. The lowest BCUT2D eigenvalue weighted by atomic mass is 10.1. The van der Waals surface area contributed by atoms with Crippen molar-refractivity contribution in [3.8, 4) is 5.75 Å². The summed E-state index contributed by atoms with van der Waals surface area (Å²) >= 11 is 3.33. The molecule has 0 radical (unpaired) electrons. The quantitative estimate of drug-likeness (QED) is 0.754. The lowest BCUT2D eigenvalue weighted by molar-refractivity contribution is 0.403. The van der Waals surface area contributed by atoms with Gasteiger partial charge in [-0.2, -0.15) is 0 Å². The van der Waals surface area contributed by atoms with Crippen LogP contribution in [-0.2, 0) is 6.42 Å². The zero-order chi connectivity index (χ0) is 10.6. The van der Waals surface area contributed by atoms with Crippen LogP contribution in [0.3, 0.4) is 0 Å². The van der Waals surface area contributed by atoms with Gasteiger partial charge in [-0.25, -0.2) is 4.39 Å². The van der Waals surface area contributed by atoms with E-state index >= 15 is 0 Å². The molecule has 1 aromatic rings. The van der Waals surface area contributed by atoms with E-state index in [0.717, 1.165) is 17.3 Å². The minimum absolute atomic E-state index is 0.164. The number of hydrogen-bond donors (Lipinski definition) is 0. The van der Waals surface area contributed by atoms with Crippen LogP contribution in [-0.4, -0.2) is 12.4 Å². The summed E-state index contributed by atoms with van der Waals surface area (Å²) < 4.78 is 18.7. The molecule has 0 heterocycles. The summed E-state index contributed by atoms with van der Waals surface area (Å²) in [4.78, 5) is 0. The monoisotopic (exact) mass is 260 g/mol. The molecular weight excluding hydrogens is 247 g/mol. The van der Waals surface area contributed by atoms with Crippen LogP contribution in [0.2, 0.25) is 0 Å². The largest absolute Gasteiger partial charge is 0.496 e. The molecule has 0 atom stereocenters. The fourth-order valence-corrected chi connectivity index (χ4v) is 1.69. The van der Waals surface area contributed by atoms with Gasteiger partial charge in [-0.1, -0.05) is 15.9 Å². The lowest BCUT2D eigenvalue weighted by Gasteiger charge is -2.10. The summed E-state index contributed by atoms with van der Waals surface area (Å²) in [5, 5.41) is 0.878. The Morgan fingerprint density at radius 3 is 2.71 bits per heavy atom. The summed E-state index contributed by atoms with van der Waals surface area (Å²) in [5.74, 6) is 0.492. The van der Waals surface area contributed by atoms with Crippen LogP contribution < -0.4 is 4.74 Å². The number of halogens is 2. The van der Waals surface area contributed by atoms with Crippen molar-refractivity contribution in [2.45, 2.75) is 19.8 Å². The van der Waals surface area contributed by atoms with E-state index in [2.05, 4.69) is 15.9 Å². The third-order valence-corrected chi connectivity index (χ3v) is 2.64. The van der Waals surface area contributed by atoms with Gasteiger partial charge in [0.1, 0.15) is 11.6 Å². The molecule has 3 heteroatoms. The fraction of sp³-hybridized carbons (Fsp3) is 0.455. The molecule has 0 bridgehead atoms. The normalized spacial score (nSPS) is 10.3. The van der Waals surface area contributed by atoms with Gasteiger partial charge < -0.3 is 4.74 Å². The highest BCUT2D eigenvalue weighted by Crippen LogP contribution is 2.24. The summed E-state index contributed by atoms with van der Waals surface area (Å²) in [5.41, 5.74) is 1.57. The second-order valence-corrected chi connectivity index (χ2v) is 4.01. The second kappa shape index (κ2) is 5.35. The van der Waals surface area contributed by atoms with E-state index in [1.165, 1.54) is 0 Å². The van der Waals surface area contributed by atoms with Crippen molar-refractivity contribution in [2.24, 2.45) is 0 Å². The first kappa shape index (κ1) is 11.5. The molecule has 1 aromatic carbocycles. The van der Waals surface area contributed by atoms with Crippen molar-refractivity contribution in [1.82, 2.24) is 0 Å². The number of aryl methyl sites for hydroxylation is 1. The van der Waals surface area contributed by atoms with E-state index in [1.54, 1.807) is 13.2 Å². The maximum absolute atomic E-state index is 13.5. The van der Waals surface area contributed by atoms with Crippen LogP contribution in [0.1, 0.15) is 17.5 Å². The average Bonchev–Trinajstić information content (AvgIpc) is 2.15. The predicted octanol–water partition coefficient (Wildman–Crippen LogP) is 3.47. The Morgan fingerprint density at radius 1 is 1.43 bits per heavy atom. The van der Waals surface area contributed by atoms with Crippen molar-refractivity contribution in [3.63, 3.8) is 0 Å². The van der Waals surface area contributed by atoms with E-state index in [0.29, 0.717) is 17.7 Å². The summed E-state index contributed by atoms with van der Waals surface area (Å²) in [6.45, 7) is 1.86. The van der Waals surface area contributed by atoms with Crippen LogP contribution in [0.15, 0.2) is 12.1 Å². The number of alkyl halides is 1. The number of ether oxygens (including phenoxy) is 1. The van der Waals surface area contributed by atoms with Crippen molar-refractivity contribution < 1.29 is 9.13 Å². The van der Waals surface area contributed by atoms with Crippen LogP contribution in [0.5, 0.6) is 5.75 Å². The highest BCUT2D eigenvalue weighted by atomic mass is 79.9. The standard InChI is InChI=1S/C11H14BrFO/c1-8-6-10(13)9(4-3-5-12)11(7-8)14-2/h6-7H,3-5H2,1-2H3. The lowest BCUT2D eigenvalue weighted by Crippen LogP contribution is -1.98. The maximum atomic E-state index is 13.5. The van der Waals surface area contributed by atoms with Gasteiger partial charge >= 0.3 is 0 Å². The number of hydrogen-bond acceptors (Lipinski definition) is 1. The molecule has 0 aliphatic rings. The van der Waals surface area contributed by atoms with Gasteiger partial charge in [0.15, 0.2) is 0 Å². The molecule has 0 amide bonds. The van der Waals surface area contributed by atoms with Gasteiger partial charge in [0.25, 0.3) is 0 Å². The zero-order valence-corrected chi connectivity index (χ0v) is 10.0. The molecule has 0 saturated carbocycles. The molecule has 0 N–H and O–H groups in total. The first-order valence-corrected chi connectivity index (χ1v) is 5.70. The van der Waals surface area contributed by atoms with Crippen molar-refractivity contribution in [3.05, 3.63) is 29.1 Å². The van der Waals surface area contributed by atoms with E-state index in [-0.39, 0.29) is 5.82 Å². The van der Waals surface area contributed by atoms with Gasteiger partial charge in [-0.3, -0.25) is 0 Å². The number of methoxy groups -OCH3 is 1. The Kier molecular flexibility index (Phi) is 4.39. The highest BCUT2D eigenvalue weighted by molar-refractivity contribution is 9.09. The molecule has 0 aliphatic heterocycles. The molecule has 78 valence electrons. The molecule has 0 aromatic heterocycles. The van der Waals surface area contributed by atoms with E-state index in [9.17, 15) is 4.39 Å². The van der Waals surface area contributed by atoms with Crippen LogP contribution in [0, 0.1) is 12.7 Å². The predicted molar refractivity (Wildman–Crippen MR) is 59.8 cm³/mol. The Balaban J connectivity index is 2.99. The smallest absolute Gasteiger partial charge is 0.130 e. The van der Waals surface area contributed by atoms with E-state index in [1.807, 2.05) is 13.0 Å². The minimum Gasteiger partial charge on any atom is -0.496 e. The number of benzene rings is 1. The highest BCUT2D eigenvalue weighted by Gasteiger charge is 2.09. The molecule has 0 fully saturated rings. The maximum Gasteiger partial charge on any atom is 0.130 e. The third-order valence-electron chi connectivity index (χ3n) is 2.08. The van der Waals surface area contributed by atoms with Crippen LogP contribution in [0.25, 0.3) is 0 Å². The van der Waals surface area contributed by atoms with Gasteiger partial charge in [0.05, 0.1) is 7.11 Å². The summed E-state index contributed by atoms with van der Waals surface area (Å²) in [6.07, 6.45) is 1.62. The van der Waals surface area contributed by atoms with Crippen molar-refractivity contribution >= 4 is 15.9 Å². The van der Waals surface area contributed by atoms with E-state index in [4.69, 9.17) is 4.74 Å². The number of rotatable bonds is 4. The van der Waals surface area contributed by atoms with Crippen LogP contribution >= 0.6 is 15.9 Å². The summed E-state index contributed by atoms with van der Waals surface area (Å²) in [7, 11) is 1.58. The summed E-state index contributed by atoms with van der Waals surface area (Å²) in [6, 6.07) is 3.42. The van der Waals surface area contributed by atoms with Gasteiger partial charge in [0, 0.05) is 10.9 Å². The average molecular weight is 261 g/mol. The van der Waals surface area contributed by atoms with E-state index < -0.39 is 0 Å². The molecule has 14 heavy (non-hydrogen) atoms. The Bertz CT molecular complexity index is 312. The Hall–Kier alpha value is -0.570. The molecule has 0 spiro atoms. The Labute approximate surface area is 92.4 Å². The topological polar surface area (TPSA) is 9.23 Å². The van der Waals surface area contributed by atoms with Crippen molar-refractivity contribution in [2.75, 3.05) is 12.4 Å². The van der Waals surface area contributed by atoms with Gasteiger partial charge in [-0.05, 0) is 37.5 Å². The fourth-order valence-electron chi connectivity index (χ4n) is 1.41. The zero-order valence-electron chi connectivity index (χ0n) is 8.44. The van der Waals surface area contributed by atoms with Crippen LogP contribution in [0.4, 0.5) is 4.39 Å². The first-order chi connectivity index (χ1) is 6.69. The van der Waals surface area contributed by atoms with Gasteiger partial charge in [-0.15, -0.1) is 0 Å². The molecular formula is C11H14BrFO. The Morgan fingerprint density at radius 2 is 2.14 bits per heavy atom. The minimum atomic E-state index is -0.164. The molecule has 0 saturated heterocycles. The first-order valence-electron chi connectivity index (χ1n) is 4.58. The molecule has 1 rings (SSSR count). The molecule has 1 nitrogen and oxygen atoms in total. The van der Waals surface area contributed by atoms with Crippen molar-refractivity contribution in [1.29, 1.82) is 0 Å². The SMILES string of the molecule is COc1cc(C)cc(F)c1CCCBr. The molecule has 0 unspecified atom stereocenters.